The Balaban J connectivity index is 1.36. The highest BCUT2D eigenvalue weighted by Gasteiger charge is 2.70. The van der Waals surface area contributed by atoms with Crippen LogP contribution in [-0.4, -0.2) is 52.9 Å². The van der Waals surface area contributed by atoms with Crippen molar-refractivity contribution in [3.05, 3.63) is 113 Å². The molecular formula is C39H31Br2Cl2N3O7S. The largest absolute Gasteiger partial charge is 0.503 e. The van der Waals surface area contributed by atoms with Crippen molar-refractivity contribution in [3.8, 4) is 17.2 Å². The topological polar surface area (TPSA) is 125 Å². The first-order valence-corrected chi connectivity index (χ1v) is 20.2. The van der Waals surface area contributed by atoms with Gasteiger partial charge in [-0.1, -0.05) is 53.1 Å². The molecule has 0 unspecified atom stereocenters. The van der Waals surface area contributed by atoms with E-state index >= 15 is 9.59 Å². The van der Waals surface area contributed by atoms with E-state index in [1.54, 1.807) is 42.5 Å². The number of amides is 4. The molecule has 0 bridgehead atoms. The summed E-state index contributed by atoms with van der Waals surface area (Å²) in [5.74, 6) is -5.00. The van der Waals surface area contributed by atoms with Gasteiger partial charge in [0.1, 0.15) is 5.75 Å². The van der Waals surface area contributed by atoms with Crippen molar-refractivity contribution in [2.75, 3.05) is 19.6 Å². The zero-order valence-electron chi connectivity index (χ0n) is 28.6. The van der Waals surface area contributed by atoms with Crippen molar-refractivity contribution in [2.45, 2.75) is 30.7 Å². The van der Waals surface area contributed by atoms with Gasteiger partial charge in [-0.05, 0) is 110 Å². The van der Waals surface area contributed by atoms with Crippen LogP contribution in [0.15, 0.2) is 86.6 Å². The van der Waals surface area contributed by atoms with Crippen LogP contribution in [0.4, 0.5) is 5.69 Å². The first kappa shape index (κ1) is 37.1. The third-order valence-electron chi connectivity index (χ3n) is 11.3. The van der Waals surface area contributed by atoms with Gasteiger partial charge in [0.2, 0.25) is 11.8 Å². The number of benzene rings is 3. The number of anilines is 1. The van der Waals surface area contributed by atoms with E-state index in [1.165, 1.54) is 36.5 Å². The lowest BCUT2D eigenvalue weighted by molar-refractivity contribution is -0.141. The van der Waals surface area contributed by atoms with Crippen LogP contribution in [0.25, 0.3) is 0 Å². The molecule has 2 N–H and O–H groups in total. The number of phenols is 1. The summed E-state index contributed by atoms with van der Waals surface area (Å²) in [5.41, 5.74) is 3.50. The highest BCUT2D eigenvalue weighted by molar-refractivity contribution is 9.13. The maximum Gasteiger partial charge on any atom is 0.260 e. The molecule has 0 spiro atoms. The number of hydrazine groups is 1. The fourth-order valence-electron chi connectivity index (χ4n) is 8.94. The molecule has 6 atom stereocenters. The number of methoxy groups -OCH3 is 2. The van der Waals surface area contributed by atoms with E-state index in [0.29, 0.717) is 26.4 Å². The van der Waals surface area contributed by atoms with Gasteiger partial charge < -0.3 is 14.6 Å². The molecule has 3 aromatic carbocycles. The van der Waals surface area contributed by atoms with Crippen LogP contribution in [0, 0.1) is 23.7 Å². The summed E-state index contributed by atoms with van der Waals surface area (Å²) in [6.45, 7) is 0.164. The van der Waals surface area contributed by atoms with Gasteiger partial charge in [-0.2, -0.15) is 5.01 Å². The number of carbonyl (C=O) groups excluding carboxylic acids is 4. The molecule has 54 heavy (non-hydrogen) atoms. The maximum atomic E-state index is 15.5. The van der Waals surface area contributed by atoms with E-state index in [0.717, 1.165) is 15.5 Å². The maximum absolute atomic E-state index is 15.5. The number of nitrogens with one attached hydrogen (secondary N) is 1. The fourth-order valence-corrected chi connectivity index (χ4v) is 11.0. The second kappa shape index (κ2) is 14.0. The molecular weight excluding hydrogens is 885 g/mol. The summed E-state index contributed by atoms with van der Waals surface area (Å²) in [6.07, 6.45) is 2.34. The normalized spacial score (nSPS) is 26.0. The van der Waals surface area contributed by atoms with Crippen molar-refractivity contribution >= 4 is 95.7 Å². The Kier molecular flexibility index (Phi) is 9.61. The molecule has 10 nitrogen and oxygen atoms in total. The molecule has 8 rings (SSSR count). The monoisotopic (exact) mass is 913 g/mol. The highest BCUT2D eigenvalue weighted by atomic mass is 79.9. The van der Waals surface area contributed by atoms with Crippen LogP contribution in [0.5, 0.6) is 17.2 Å². The van der Waals surface area contributed by atoms with E-state index in [-0.39, 0.29) is 57.9 Å². The summed E-state index contributed by atoms with van der Waals surface area (Å²) in [4.78, 5) is 61.2. The fraction of sp³-hybridized carbons (Fsp3) is 0.282. The predicted molar refractivity (Wildman–Crippen MR) is 211 cm³/mol. The summed E-state index contributed by atoms with van der Waals surface area (Å²) in [6, 6.07) is 17.1. The molecule has 1 aromatic heterocycles. The number of carbonyl (C=O) groups is 4. The van der Waals surface area contributed by atoms with Gasteiger partial charge in [0, 0.05) is 20.3 Å². The van der Waals surface area contributed by atoms with Gasteiger partial charge in [-0.3, -0.25) is 29.5 Å². The van der Waals surface area contributed by atoms with E-state index in [9.17, 15) is 14.7 Å². The number of halogens is 4. The lowest BCUT2D eigenvalue weighted by Gasteiger charge is -2.51. The van der Waals surface area contributed by atoms with Crippen molar-refractivity contribution in [2.24, 2.45) is 23.7 Å². The average molecular weight is 916 g/mol. The predicted octanol–water partition coefficient (Wildman–Crippen LogP) is 8.49. The zero-order chi connectivity index (χ0) is 38.2. The van der Waals surface area contributed by atoms with E-state index in [2.05, 4.69) is 37.3 Å². The summed E-state index contributed by atoms with van der Waals surface area (Å²) >= 11 is 21.5. The molecule has 4 aromatic rings. The number of rotatable bonds is 8. The molecule has 15 heteroatoms. The standard InChI is InChI=1S/C39H31Br2Cl2N3O7S/c1-52-20-8-5-18(6-9-20)39-26(36(49)46(38(39)51)44-28-12-7-19(42)14-27(28)43)15-24-22(31(39)25-16-29(53-2)34(47)33(41)32(25)40)10-11-23-30(24)37(50)45(35(23)48)17-21-4-3-13-54-21/h3-10,12-14,16,23-24,26,30-31,44,47H,11,15,17H2,1-2H3/t23-,24+,26-,30-,31+,39+/m0/s1. The van der Waals surface area contributed by atoms with Crippen LogP contribution in [-0.2, 0) is 31.1 Å². The van der Waals surface area contributed by atoms with Crippen molar-refractivity contribution in [1.29, 1.82) is 0 Å². The van der Waals surface area contributed by atoms with Crippen LogP contribution < -0.4 is 14.9 Å². The number of aromatic hydroxyl groups is 1. The number of nitrogens with zero attached hydrogens (tertiary/aromatic N) is 2. The minimum atomic E-state index is -1.60. The molecule has 1 saturated carbocycles. The second-order valence-electron chi connectivity index (χ2n) is 13.7. The second-order valence-corrected chi connectivity index (χ2v) is 17.2. The number of imide groups is 2. The number of hydrogen-bond donors (Lipinski definition) is 2. The minimum Gasteiger partial charge on any atom is -0.503 e. The summed E-state index contributed by atoms with van der Waals surface area (Å²) in [5, 5.41) is 14.5. The zero-order valence-corrected chi connectivity index (χ0v) is 34.1. The molecule has 0 radical (unpaired) electrons. The van der Waals surface area contributed by atoms with Gasteiger partial charge in [0.25, 0.3) is 11.8 Å². The number of fused-ring (bicyclic) bond motifs is 4. The number of thiophene rings is 1. The number of hydrogen-bond acceptors (Lipinski definition) is 9. The van der Waals surface area contributed by atoms with Crippen molar-refractivity contribution in [3.63, 3.8) is 0 Å². The third kappa shape index (κ3) is 5.52. The molecule has 278 valence electrons. The Bertz CT molecular complexity index is 2270. The van der Waals surface area contributed by atoms with E-state index in [4.69, 9.17) is 32.7 Å². The number of likely N-dealkylation sites (tertiary alicyclic amines) is 1. The molecule has 2 saturated heterocycles. The van der Waals surface area contributed by atoms with Crippen LogP contribution >= 0.6 is 66.4 Å². The number of ether oxygens (including phenoxy) is 2. The summed E-state index contributed by atoms with van der Waals surface area (Å²) in [7, 11) is 2.96. The van der Waals surface area contributed by atoms with Crippen LogP contribution in [0.3, 0.4) is 0 Å². The van der Waals surface area contributed by atoms with Gasteiger partial charge in [0.15, 0.2) is 11.5 Å². The first-order chi connectivity index (χ1) is 25.9. The number of allylic oxidation sites excluding steroid dienone is 2. The molecule has 4 aliphatic rings. The molecule has 4 amide bonds. The van der Waals surface area contributed by atoms with Gasteiger partial charge in [-0.15, -0.1) is 11.3 Å². The lowest BCUT2D eigenvalue weighted by atomic mass is 9.49. The van der Waals surface area contributed by atoms with Crippen LogP contribution in [0.1, 0.15) is 34.8 Å². The number of phenolic OH excluding ortho intramolecular Hbond substituents is 1. The molecule has 3 fully saturated rings. The SMILES string of the molecule is COc1ccc([C@@]23C(=O)N(Nc4ccc(Cl)cc4Cl)C(=O)[C@@H]2C[C@@H]2C(=CC[C@@H]4C(=O)N(Cc5cccs5)C(=O)[C@@H]42)[C@@H]3c2cc(OC)c(O)c(Br)c2Br)cc1. The molecule has 3 heterocycles. The van der Waals surface area contributed by atoms with E-state index < -0.39 is 46.8 Å². The van der Waals surface area contributed by atoms with Gasteiger partial charge in [0.05, 0.1) is 59.1 Å². The van der Waals surface area contributed by atoms with E-state index in [1.807, 2.05) is 23.6 Å². The lowest BCUT2D eigenvalue weighted by Crippen LogP contribution is -2.53. The Labute approximate surface area is 341 Å². The average Bonchev–Trinajstić information content (AvgIpc) is 3.83. The van der Waals surface area contributed by atoms with Crippen molar-refractivity contribution < 1.29 is 33.8 Å². The Hall–Kier alpha value is -3.88. The summed E-state index contributed by atoms with van der Waals surface area (Å²) < 4.78 is 11.8. The molecule has 2 aliphatic heterocycles. The Morgan fingerprint density at radius 3 is 2.37 bits per heavy atom. The highest BCUT2D eigenvalue weighted by Crippen LogP contribution is 2.65. The molecule has 2 aliphatic carbocycles. The Morgan fingerprint density at radius 2 is 1.70 bits per heavy atom. The minimum absolute atomic E-state index is 0.104. The smallest absolute Gasteiger partial charge is 0.260 e. The van der Waals surface area contributed by atoms with Crippen molar-refractivity contribution in [1.82, 2.24) is 9.91 Å². The van der Waals surface area contributed by atoms with Crippen LogP contribution in [0.2, 0.25) is 10.0 Å². The quantitative estimate of drug-likeness (QED) is 0.133. The van der Waals surface area contributed by atoms with Gasteiger partial charge in [-0.25, -0.2) is 0 Å². The first-order valence-electron chi connectivity index (χ1n) is 17.0. The third-order valence-corrected chi connectivity index (χ3v) is 14.8. The Morgan fingerprint density at radius 1 is 0.944 bits per heavy atom. The van der Waals surface area contributed by atoms with Gasteiger partial charge >= 0.3 is 0 Å².